The third-order valence-corrected chi connectivity index (χ3v) is 2.90. The second kappa shape index (κ2) is 5.56. The van der Waals surface area contributed by atoms with E-state index in [1.807, 2.05) is 31.2 Å². The Morgan fingerprint density at radius 1 is 1.42 bits per heavy atom. The van der Waals surface area contributed by atoms with Crippen LogP contribution in [0.5, 0.6) is 0 Å². The van der Waals surface area contributed by atoms with Gasteiger partial charge in [0.15, 0.2) is 0 Å². The monoisotopic (exact) mass is 258 g/mol. The van der Waals surface area contributed by atoms with Crippen molar-refractivity contribution in [2.45, 2.75) is 20.3 Å². The van der Waals surface area contributed by atoms with Gasteiger partial charge in [-0.25, -0.2) is 4.68 Å². The molecule has 0 saturated carbocycles. The van der Waals surface area contributed by atoms with Gasteiger partial charge in [0, 0.05) is 6.54 Å². The predicted molar refractivity (Wildman–Crippen MR) is 71.4 cm³/mol. The summed E-state index contributed by atoms with van der Waals surface area (Å²) in [4.78, 5) is 11.1. The van der Waals surface area contributed by atoms with Crippen LogP contribution in [-0.2, 0) is 6.42 Å². The largest absolute Gasteiger partial charge is 0.545 e. The van der Waals surface area contributed by atoms with Crippen molar-refractivity contribution >= 4 is 11.8 Å². The van der Waals surface area contributed by atoms with E-state index in [2.05, 4.69) is 17.3 Å². The summed E-state index contributed by atoms with van der Waals surface area (Å²) in [5, 5.41) is 18.2. The number of carboxylic acids is 1. The fourth-order valence-electron chi connectivity index (χ4n) is 1.94. The Labute approximate surface area is 111 Å². The van der Waals surface area contributed by atoms with Crippen LogP contribution in [-0.4, -0.2) is 22.3 Å². The summed E-state index contributed by atoms with van der Waals surface area (Å²) in [6, 6.07) is 7.85. The van der Waals surface area contributed by atoms with Gasteiger partial charge in [-0.3, -0.25) is 0 Å². The molecule has 2 aromatic rings. The van der Waals surface area contributed by atoms with E-state index in [1.54, 1.807) is 4.68 Å². The van der Waals surface area contributed by atoms with Gasteiger partial charge in [-0.1, -0.05) is 19.1 Å². The van der Waals surface area contributed by atoms with Gasteiger partial charge in [-0.15, -0.1) is 0 Å². The molecule has 5 heteroatoms. The highest BCUT2D eigenvalue weighted by atomic mass is 16.4. The zero-order valence-corrected chi connectivity index (χ0v) is 11.0. The van der Waals surface area contributed by atoms with Crippen LogP contribution >= 0.6 is 0 Å². The minimum atomic E-state index is -1.23. The van der Waals surface area contributed by atoms with Gasteiger partial charge >= 0.3 is 0 Å². The number of carbonyl (C=O) groups is 1. The molecule has 0 radical (unpaired) electrons. The second-order valence-electron chi connectivity index (χ2n) is 4.16. The van der Waals surface area contributed by atoms with Crippen LogP contribution in [0, 0.1) is 0 Å². The number of aryl methyl sites for hydroxylation is 1. The molecule has 0 spiro atoms. The number of anilines is 1. The zero-order chi connectivity index (χ0) is 13.8. The minimum Gasteiger partial charge on any atom is -0.545 e. The summed E-state index contributed by atoms with van der Waals surface area (Å²) >= 11 is 0. The summed E-state index contributed by atoms with van der Waals surface area (Å²) in [6.45, 7) is 4.58. The van der Waals surface area contributed by atoms with Crippen molar-refractivity contribution in [3.63, 3.8) is 0 Å². The molecule has 0 aliphatic carbocycles. The van der Waals surface area contributed by atoms with Crippen LogP contribution in [0.2, 0.25) is 0 Å². The van der Waals surface area contributed by atoms with E-state index in [4.69, 9.17) is 0 Å². The summed E-state index contributed by atoms with van der Waals surface area (Å²) in [6.07, 6.45) is 2.23. The fraction of sp³-hybridized carbons (Fsp3) is 0.286. The number of aromatic nitrogens is 2. The number of rotatable bonds is 5. The van der Waals surface area contributed by atoms with Crippen molar-refractivity contribution in [3.8, 4) is 5.69 Å². The molecule has 1 aromatic carbocycles. The molecule has 0 amide bonds. The molecule has 1 heterocycles. The van der Waals surface area contributed by atoms with E-state index in [-0.39, 0.29) is 5.56 Å². The molecule has 2 rings (SSSR count). The molecule has 0 unspecified atom stereocenters. The second-order valence-corrected chi connectivity index (χ2v) is 4.16. The number of benzene rings is 1. The number of aromatic carboxylic acids is 1. The summed E-state index contributed by atoms with van der Waals surface area (Å²) < 4.78 is 1.59. The lowest BCUT2D eigenvalue weighted by Gasteiger charge is -2.11. The average molecular weight is 258 g/mol. The van der Waals surface area contributed by atoms with Gasteiger partial charge in [-0.2, -0.15) is 5.10 Å². The predicted octanol–water partition coefficient (Wildman–Crippen LogP) is 1.23. The first-order valence-electron chi connectivity index (χ1n) is 6.30. The Balaban J connectivity index is 2.51. The fourth-order valence-corrected chi connectivity index (χ4v) is 1.94. The van der Waals surface area contributed by atoms with Gasteiger partial charge < -0.3 is 15.2 Å². The molecular formula is C14H16N3O2-. The SMILES string of the molecule is CCNc1c(C(=O)[O-])cnn1-c1cccc(CC)c1. The average Bonchev–Trinajstić information content (AvgIpc) is 2.83. The van der Waals surface area contributed by atoms with Crippen molar-refractivity contribution < 1.29 is 9.90 Å². The Kier molecular flexibility index (Phi) is 3.85. The lowest BCUT2D eigenvalue weighted by molar-refractivity contribution is -0.254. The van der Waals surface area contributed by atoms with Crippen molar-refractivity contribution in [3.05, 3.63) is 41.6 Å². The van der Waals surface area contributed by atoms with Gasteiger partial charge in [0.2, 0.25) is 0 Å². The normalized spacial score (nSPS) is 10.4. The van der Waals surface area contributed by atoms with Crippen LogP contribution in [0.3, 0.4) is 0 Å². The molecule has 0 fully saturated rings. The number of hydrogen-bond donors (Lipinski definition) is 1. The third kappa shape index (κ3) is 2.59. The van der Waals surface area contributed by atoms with Crippen molar-refractivity contribution in [2.75, 3.05) is 11.9 Å². The summed E-state index contributed by atoms with van der Waals surface area (Å²) in [5.41, 5.74) is 2.08. The maximum atomic E-state index is 11.1. The van der Waals surface area contributed by atoms with Crippen molar-refractivity contribution in [1.29, 1.82) is 0 Å². The zero-order valence-electron chi connectivity index (χ0n) is 11.0. The Morgan fingerprint density at radius 2 is 2.21 bits per heavy atom. The van der Waals surface area contributed by atoms with Crippen molar-refractivity contribution in [1.82, 2.24) is 9.78 Å². The molecule has 1 N–H and O–H groups in total. The van der Waals surface area contributed by atoms with Gasteiger partial charge in [0.1, 0.15) is 5.82 Å². The lowest BCUT2D eigenvalue weighted by Crippen LogP contribution is -2.23. The molecule has 1 aromatic heterocycles. The molecule has 0 saturated heterocycles. The number of nitrogens with zero attached hydrogens (tertiary/aromatic N) is 2. The number of nitrogens with one attached hydrogen (secondary N) is 1. The molecule has 100 valence electrons. The minimum absolute atomic E-state index is 0.0729. The Hall–Kier alpha value is -2.30. The molecule has 5 nitrogen and oxygen atoms in total. The highest BCUT2D eigenvalue weighted by molar-refractivity contribution is 5.91. The topological polar surface area (TPSA) is 70.0 Å². The molecule has 0 atom stereocenters. The van der Waals surface area contributed by atoms with Gasteiger partial charge in [0.05, 0.1) is 23.4 Å². The first-order chi connectivity index (χ1) is 9.17. The lowest BCUT2D eigenvalue weighted by atomic mass is 10.1. The Bertz CT molecular complexity index is 590. The smallest absolute Gasteiger partial charge is 0.138 e. The molecular weight excluding hydrogens is 242 g/mol. The quantitative estimate of drug-likeness (QED) is 0.875. The van der Waals surface area contributed by atoms with E-state index in [0.717, 1.165) is 12.1 Å². The van der Waals surface area contributed by atoms with E-state index in [1.165, 1.54) is 11.8 Å². The maximum absolute atomic E-state index is 11.1. The van der Waals surface area contributed by atoms with E-state index in [9.17, 15) is 9.90 Å². The Morgan fingerprint density at radius 3 is 2.84 bits per heavy atom. The van der Waals surface area contributed by atoms with Crippen LogP contribution in [0.1, 0.15) is 29.8 Å². The van der Waals surface area contributed by atoms with E-state index >= 15 is 0 Å². The molecule has 0 aliphatic heterocycles. The van der Waals surface area contributed by atoms with Gasteiger partial charge in [-0.05, 0) is 31.0 Å². The first-order valence-corrected chi connectivity index (χ1v) is 6.30. The standard InChI is InChI=1S/C14H17N3O2/c1-3-10-6-5-7-11(8-10)17-13(15-4-2)12(9-16-17)14(18)19/h5-9,15H,3-4H2,1-2H3,(H,18,19)/p-1. The van der Waals surface area contributed by atoms with E-state index < -0.39 is 5.97 Å². The summed E-state index contributed by atoms with van der Waals surface area (Å²) in [7, 11) is 0. The van der Waals surface area contributed by atoms with Crippen molar-refractivity contribution in [2.24, 2.45) is 0 Å². The first kappa shape index (κ1) is 13.1. The highest BCUT2D eigenvalue weighted by Gasteiger charge is 2.12. The summed E-state index contributed by atoms with van der Waals surface area (Å²) in [5.74, 6) is -0.774. The third-order valence-electron chi connectivity index (χ3n) is 2.90. The van der Waals surface area contributed by atoms with E-state index in [0.29, 0.717) is 12.4 Å². The van der Waals surface area contributed by atoms with Crippen LogP contribution < -0.4 is 10.4 Å². The van der Waals surface area contributed by atoms with Crippen LogP contribution in [0.4, 0.5) is 5.82 Å². The molecule has 0 aliphatic rings. The highest BCUT2D eigenvalue weighted by Crippen LogP contribution is 2.20. The van der Waals surface area contributed by atoms with Crippen LogP contribution in [0.15, 0.2) is 30.5 Å². The number of carbonyl (C=O) groups excluding carboxylic acids is 1. The molecule has 0 bridgehead atoms. The van der Waals surface area contributed by atoms with Crippen LogP contribution in [0.25, 0.3) is 5.69 Å². The molecule has 19 heavy (non-hydrogen) atoms. The maximum Gasteiger partial charge on any atom is 0.138 e. The van der Waals surface area contributed by atoms with Gasteiger partial charge in [0.25, 0.3) is 0 Å². The number of carboxylic acid groups (broad SMARTS) is 1. The number of hydrogen-bond acceptors (Lipinski definition) is 4.